The number of fused-ring (bicyclic) bond motifs is 7. The number of rotatable bonds is 2. The van der Waals surface area contributed by atoms with E-state index in [0.29, 0.717) is 11.5 Å². The van der Waals surface area contributed by atoms with E-state index < -0.39 is 5.41 Å². The summed E-state index contributed by atoms with van der Waals surface area (Å²) in [5.74, 6) is 1.38. The van der Waals surface area contributed by atoms with Crippen LogP contribution in [0.15, 0.2) is 30.3 Å². The molecule has 2 atom stereocenters. The minimum Gasteiger partial charge on any atom is -0.454 e. The fourth-order valence-electron chi connectivity index (χ4n) is 6.28. The van der Waals surface area contributed by atoms with Gasteiger partial charge in [-0.05, 0) is 55.4 Å². The molecule has 6 nitrogen and oxygen atoms in total. The summed E-state index contributed by atoms with van der Waals surface area (Å²) in [6, 6.07) is 9.92. The fourth-order valence-corrected chi connectivity index (χ4v) is 6.28. The number of nitrogens with zero attached hydrogens (tertiary/aromatic N) is 2. The normalized spacial score (nSPS) is 26.4. The Balaban J connectivity index is 1.53. The van der Waals surface area contributed by atoms with Gasteiger partial charge in [0.05, 0.1) is 27.8 Å². The van der Waals surface area contributed by atoms with Gasteiger partial charge in [-0.3, -0.25) is 4.79 Å². The van der Waals surface area contributed by atoms with Crippen molar-refractivity contribution in [2.24, 2.45) is 5.41 Å². The number of carbonyl (C=O) groups is 1. The van der Waals surface area contributed by atoms with E-state index in [0.717, 1.165) is 52.1 Å². The molecule has 6 rings (SSSR count). The van der Waals surface area contributed by atoms with Gasteiger partial charge in [0.2, 0.25) is 12.7 Å². The number of nitrogens with one attached hydrogen (secondary N) is 1. The minimum absolute atomic E-state index is 0.00404. The first kappa shape index (κ1) is 19.5. The summed E-state index contributed by atoms with van der Waals surface area (Å²) in [5, 5.41) is 3.24. The molecule has 32 heavy (non-hydrogen) atoms. The maximum atomic E-state index is 14.0. The molecule has 0 spiro atoms. The molecule has 2 heterocycles. The van der Waals surface area contributed by atoms with Crippen LogP contribution in [0.1, 0.15) is 56.1 Å². The lowest BCUT2D eigenvalue weighted by Crippen LogP contribution is -2.48. The summed E-state index contributed by atoms with van der Waals surface area (Å²) in [7, 11) is 0. The highest BCUT2D eigenvalue weighted by molar-refractivity contribution is 6.02. The van der Waals surface area contributed by atoms with Gasteiger partial charge in [0.15, 0.2) is 11.5 Å². The summed E-state index contributed by atoms with van der Waals surface area (Å²) in [4.78, 5) is 24.2. The van der Waals surface area contributed by atoms with Crippen molar-refractivity contribution in [3.8, 4) is 11.5 Å². The van der Waals surface area contributed by atoms with E-state index in [1.165, 1.54) is 0 Å². The molecule has 0 saturated heterocycles. The molecule has 1 amide bonds. The molecular formula is C26H27N3O3. The number of anilines is 1. The largest absolute Gasteiger partial charge is 0.454 e. The highest BCUT2D eigenvalue weighted by Crippen LogP contribution is 2.70. The molecule has 2 aromatic carbocycles. The fraction of sp³-hybridized carbons (Fsp3) is 0.423. The van der Waals surface area contributed by atoms with E-state index in [2.05, 4.69) is 32.2 Å². The van der Waals surface area contributed by atoms with Gasteiger partial charge in [-0.1, -0.05) is 26.8 Å². The molecule has 3 aromatic rings. The van der Waals surface area contributed by atoms with Gasteiger partial charge in [-0.25, -0.2) is 9.97 Å². The Morgan fingerprint density at radius 3 is 2.09 bits per heavy atom. The van der Waals surface area contributed by atoms with E-state index in [1.807, 2.05) is 38.1 Å². The minimum atomic E-state index is -0.744. The Labute approximate surface area is 187 Å². The predicted octanol–water partition coefficient (Wildman–Crippen LogP) is 4.94. The predicted molar refractivity (Wildman–Crippen MR) is 122 cm³/mol. The topological polar surface area (TPSA) is 73.3 Å². The van der Waals surface area contributed by atoms with Gasteiger partial charge < -0.3 is 14.8 Å². The lowest BCUT2D eigenvalue weighted by molar-refractivity contribution is -0.125. The van der Waals surface area contributed by atoms with E-state index in [1.54, 1.807) is 0 Å². The molecule has 1 N–H and O–H groups in total. The monoisotopic (exact) mass is 429 g/mol. The molecule has 1 aromatic heterocycles. The first-order valence-corrected chi connectivity index (χ1v) is 11.2. The van der Waals surface area contributed by atoms with Crippen LogP contribution in [0.25, 0.3) is 11.0 Å². The standard InChI is InChI=1S/C26H27N3O3/c1-14-8-15(2)10-16(9-14)27-23(30)26-7-6-25(5,24(26,3)4)21-22(26)29-18-12-20-19(31-13-32-20)11-17(18)28-21/h8-12H,6-7,13H2,1-5H3,(H,27,30). The van der Waals surface area contributed by atoms with Crippen molar-refractivity contribution in [1.82, 2.24) is 9.97 Å². The van der Waals surface area contributed by atoms with Crippen molar-refractivity contribution in [3.63, 3.8) is 0 Å². The third kappa shape index (κ3) is 2.22. The number of aryl methyl sites for hydroxylation is 2. The smallest absolute Gasteiger partial charge is 0.237 e. The molecule has 1 saturated carbocycles. The molecule has 1 fully saturated rings. The Morgan fingerprint density at radius 2 is 1.47 bits per heavy atom. The number of amides is 1. The van der Waals surface area contributed by atoms with E-state index >= 15 is 0 Å². The molecule has 3 aliphatic rings. The molecule has 6 heteroatoms. The third-order valence-corrected chi connectivity index (χ3v) is 8.40. The zero-order chi connectivity index (χ0) is 22.5. The van der Waals surface area contributed by atoms with Crippen LogP contribution >= 0.6 is 0 Å². The summed E-state index contributed by atoms with van der Waals surface area (Å²) in [6.07, 6.45) is 1.66. The van der Waals surface area contributed by atoms with E-state index in [-0.39, 0.29) is 23.5 Å². The van der Waals surface area contributed by atoms with Gasteiger partial charge in [0, 0.05) is 23.2 Å². The molecule has 0 radical (unpaired) electrons. The Morgan fingerprint density at radius 1 is 0.875 bits per heavy atom. The second-order valence-corrected chi connectivity index (χ2v) is 10.3. The molecule has 1 aliphatic heterocycles. The average molecular weight is 430 g/mol. The summed E-state index contributed by atoms with van der Waals surface area (Å²) in [5.41, 5.74) is 5.03. The number of ether oxygens (including phenoxy) is 2. The van der Waals surface area contributed by atoms with Crippen LogP contribution in [0.3, 0.4) is 0 Å². The zero-order valence-electron chi connectivity index (χ0n) is 19.1. The van der Waals surface area contributed by atoms with Gasteiger partial charge in [0.1, 0.15) is 0 Å². The Kier molecular flexibility index (Phi) is 3.66. The first-order chi connectivity index (χ1) is 15.2. The molecule has 2 unspecified atom stereocenters. The van der Waals surface area contributed by atoms with Crippen LogP contribution in [0, 0.1) is 19.3 Å². The number of carbonyl (C=O) groups excluding carboxylic acids is 1. The molecular weight excluding hydrogens is 402 g/mol. The first-order valence-electron chi connectivity index (χ1n) is 11.2. The molecule has 164 valence electrons. The van der Waals surface area contributed by atoms with Crippen LogP contribution < -0.4 is 14.8 Å². The van der Waals surface area contributed by atoms with Crippen LogP contribution in [0.5, 0.6) is 11.5 Å². The third-order valence-electron chi connectivity index (χ3n) is 8.40. The summed E-state index contributed by atoms with van der Waals surface area (Å²) >= 11 is 0. The Bertz CT molecular complexity index is 1310. The zero-order valence-corrected chi connectivity index (χ0v) is 19.1. The summed E-state index contributed by atoms with van der Waals surface area (Å²) in [6.45, 7) is 10.9. The van der Waals surface area contributed by atoms with Gasteiger partial charge >= 0.3 is 0 Å². The average Bonchev–Trinajstić information content (AvgIpc) is 3.29. The van der Waals surface area contributed by atoms with Crippen molar-refractivity contribution in [2.45, 2.75) is 58.3 Å². The number of hydrogen-bond donors (Lipinski definition) is 1. The van der Waals surface area contributed by atoms with Crippen molar-refractivity contribution in [3.05, 3.63) is 52.8 Å². The SMILES string of the molecule is Cc1cc(C)cc(NC(=O)C23CCC(C)(c4nc5cc6c(cc5nc42)OCO6)C3(C)C)c1. The lowest BCUT2D eigenvalue weighted by atomic mass is 9.63. The van der Waals surface area contributed by atoms with E-state index in [9.17, 15) is 4.79 Å². The lowest BCUT2D eigenvalue weighted by Gasteiger charge is -2.39. The second-order valence-electron chi connectivity index (χ2n) is 10.3. The van der Waals surface area contributed by atoms with Gasteiger partial charge in [-0.2, -0.15) is 0 Å². The maximum Gasteiger partial charge on any atom is 0.237 e. The Hall–Kier alpha value is -3.15. The van der Waals surface area contributed by atoms with Crippen molar-refractivity contribution in [2.75, 3.05) is 12.1 Å². The van der Waals surface area contributed by atoms with Crippen LogP contribution in [0.2, 0.25) is 0 Å². The van der Waals surface area contributed by atoms with Crippen molar-refractivity contribution < 1.29 is 14.3 Å². The van der Waals surface area contributed by atoms with Gasteiger partial charge in [0.25, 0.3) is 0 Å². The number of aromatic nitrogens is 2. The number of benzene rings is 2. The quantitative estimate of drug-likeness (QED) is 0.624. The summed E-state index contributed by atoms with van der Waals surface area (Å²) < 4.78 is 11.1. The second kappa shape index (κ2) is 6.00. The highest BCUT2D eigenvalue weighted by Gasteiger charge is 2.73. The van der Waals surface area contributed by atoms with E-state index in [4.69, 9.17) is 19.4 Å². The van der Waals surface area contributed by atoms with Crippen molar-refractivity contribution >= 4 is 22.6 Å². The molecule has 2 aliphatic carbocycles. The van der Waals surface area contributed by atoms with Crippen LogP contribution in [-0.2, 0) is 15.6 Å². The van der Waals surface area contributed by atoms with Crippen LogP contribution in [0.4, 0.5) is 5.69 Å². The van der Waals surface area contributed by atoms with Gasteiger partial charge in [-0.15, -0.1) is 0 Å². The van der Waals surface area contributed by atoms with Crippen LogP contribution in [-0.4, -0.2) is 22.7 Å². The maximum absolute atomic E-state index is 14.0. The molecule has 2 bridgehead atoms. The number of hydrogen-bond acceptors (Lipinski definition) is 5. The van der Waals surface area contributed by atoms with Crippen molar-refractivity contribution in [1.29, 1.82) is 0 Å². The highest BCUT2D eigenvalue weighted by atomic mass is 16.7.